The SMILES string of the molecule is O=C(c1oc(C2(O)CC2)nc1C(F)F)N1CCc2[nH]cnc2C1c1cc2ccccn2n1. The van der Waals surface area contributed by atoms with Crippen molar-refractivity contribution < 1.29 is 23.1 Å². The van der Waals surface area contributed by atoms with Crippen LogP contribution in [0.15, 0.2) is 41.2 Å². The zero-order valence-corrected chi connectivity index (χ0v) is 16.7. The fourth-order valence-electron chi connectivity index (χ4n) is 4.18. The maximum atomic E-state index is 13.7. The molecule has 32 heavy (non-hydrogen) atoms. The molecule has 1 aliphatic carbocycles. The first-order valence-electron chi connectivity index (χ1n) is 10.2. The number of hydrogen-bond donors (Lipinski definition) is 2. The third-order valence-corrected chi connectivity index (χ3v) is 6.03. The maximum Gasteiger partial charge on any atom is 0.292 e. The van der Waals surface area contributed by atoms with Gasteiger partial charge in [-0.15, -0.1) is 0 Å². The van der Waals surface area contributed by atoms with Gasteiger partial charge in [0.05, 0.1) is 23.2 Å². The minimum atomic E-state index is -3.02. The molecular formula is C21H18F2N6O3. The molecule has 1 unspecified atom stereocenters. The first-order valence-corrected chi connectivity index (χ1v) is 10.2. The number of carbonyl (C=O) groups excluding carboxylic acids is 1. The van der Waals surface area contributed by atoms with Crippen molar-refractivity contribution in [2.75, 3.05) is 6.54 Å². The number of halogens is 2. The number of aromatic amines is 1. The normalized spacial score (nSPS) is 19.5. The molecule has 4 aromatic heterocycles. The number of alkyl halides is 2. The van der Waals surface area contributed by atoms with Crippen LogP contribution >= 0.6 is 0 Å². The third kappa shape index (κ3) is 2.84. The predicted molar refractivity (Wildman–Crippen MR) is 105 cm³/mol. The monoisotopic (exact) mass is 440 g/mol. The highest BCUT2D eigenvalue weighted by Gasteiger charge is 2.49. The second kappa shape index (κ2) is 6.70. The Balaban J connectivity index is 1.45. The van der Waals surface area contributed by atoms with E-state index in [4.69, 9.17) is 4.42 Å². The number of carbonyl (C=O) groups is 1. The van der Waals surface area contributed by atoms with E-state index < -0.39 is 35.4 Å². The molecule has 1 saturated carbocycles. The molecule has 11 heteroatoms. The summed E-state index contributed by atoms with van der Waals surface area (Å²) in [6.07, 6.45) is 1.49. The highest BCUT2D eigenvalue weighted by molar-refractivity contribution is 5.93. The number of imidazole rings is 1. The Kier molecular flexibility index (Phi) is 4.00. The fourth-order valence-corrected chi connectivity index (χ4v) is 4.18. The Morgan fingerprint density at radius 2 is 2.19 bits per heavy atom. The summed E-state index contributed by atoms with van der Waals surface area (Å²) in [6, 6.07) is 6.73. The zero-order valence-electron chi connectivity index (χ0n) is 16.7. The van der Waals surface area contributed by atoms with Gasteiger partial charge in [0.2, 0.25) is 11.7 Å². The lowest BCUT2D eigenvalue weighted by Crippen LogP contribution is -2.41. The smallest absolute Gasteiger partial charge is 0.292 e. The van der Waals surface area contributed by atoms with E-state index in [0.717, 1.165) is 11.2 Å². The van der Waals surface area contributed by atoms with Crippen LogP contribution in [-0.2, 0) is 12.0 Å². The number of pyridine rings is 1. The molecular weight excluding hydrogens is 422 g/mol. The van der Waals surface area contributed by atoms with Crippen molar-refractivity contribution in [2.24, 2.45) is 0 Å². The van der Waals surface area contributed by atoms with Crippen LogP contribution in [-0.4, -0.2) is 47.0 Å². The van der Waals surface area contributed by atoms with Gasteiger partial charge in [0.1, 0.15) is 11.6 Å². The molecule has 1 atom stereocenters. The second-order valence-electron chi connectivity index (χ2n) is 8.12. The number of amides is 1. The molecule has 0 aromatic carbocycles. The summed E-state index contributed by atoms with van der Waals surface area (Å²) in [7, 11) is 0. The van der Waals surface area contributed by atoms with Crippen LogP contribution in [0, 0.1) is 0 Å². The number of fused-ring (bicyclic) bond motifs is 2. The van der Waals surface area contributed by atoms with Gasteiger partial charge < -0.3 is 19.4 Å². The largest absolute Gasteiger partial charge is 0.432 e. The Morgan fingerprint density at radius 3 is 2.94 bits per heavy atom. The van der Waals surface area contributed by atoms with Gasteiger partial charge in [-0.05, 0) is 31.0 Å². The standard InChI is InChI=1S/C21H18F2N6O3/c22-18(23)15-17(32-20(26-15)21(31)5-6-21)19(30)28-8-4-12-14(25-10-24-12)16(28)13-9-11-3-1-2-7-29(11)27-13/h1-3,7,9-10,16,18,31H,4-6,8H2,(H,24,25). The van der Waals surface area contributed by atoms with Crippen molar-refractivity contribution in [1.29, 1.82) is 0 Å². The Morgan fingerprint density at radius 1 is 1.34 bits per heavy atom. The van der Waals surface area contributed by atoms with Crippen LogP contribution in [0.2, 0.25) is 0 Å². The van der Waals surface area contributed by atoms with Crippen LogP contribution in [0.1, 0.15) is 64.5 Å². The molecule has 0 radical (unpaired) electrons. The van der Waals surface area contributed by atoms with Gasteiger partial charge in [-0.1, -0.05) is 6.07 Å². The van der Waals surface area contributed by atoms with Gasteiger partial charge in [0, 0.05) is 24.9 Å². The van der Waals surface area contributed by atoms with Crippen LogP contribution < -0.4 is 0 Å². The molecule has 4 aromatic rings. The van der Waals surface area contributed by atoms with E-state index in [0.29, 0.717) is 30.7 Å². The molecule has 5 heterocycles. The molecule has 0 bridgehead atoms. The molecule has 0 saturated heterocycles. The van der Waals surface area contributed by atoms with E-state index in [2.05, 4.69) is 20.1 Å². The summed E-state index contributed by atoms with van der Waals surface area (Å²) >= 11 is 0. The highest BCUT2D eigenvalue weighted by atomic mass is 19.3. The lowest BCUT2D eigenvalue weighted by molar-refractivity contribution is 0.0624. The number of nitrogens with one attached hydrogen (secondary N) is 1. The molecule has 1 amide bonds. The minimum absolute atomic E-state index is 0.238. The summed E-state index contributed by atoms with van der Waals surface area (Å²) < 4.78 is 34.6. The van der Waals surface area contributed by atoms with E-state index in [1.807, 2.05) is 24.3 Å². The Hall–Kier alpha value is -3.60. The first-order chi connectivity index (χ1) is 15.4. The number of hydrogen-bond acceptors (Lipinski definition) is 6. The van der Waals surface area contributed by atoms with Crippen LogP contribution in [0.4, 0.5) is 8.78 Å². The van der Waals surface area contributed by atoms with Gasteiger partial charge in [0.15, 0.2) is 5.69 Å². The molecule has 0 spiro atoms. The van der Waals surface area contributed by atoms with Crippen LogP contribution in [0.3, 0.4) is 0 Å². The van der Waals surface area contributed by atoms with Crippen molar-refractivity contribution >= 4 is 11.4 Å². The second-order valence-corrected chi connectivity index (χ2v) is 8.12. The molecule has 9 nitrogen and oxygen atoms in total. The van der Waals surface area contributed by atoms with Gasteiger partial charge in [0.25, 0.3) is 12.3 Å². The summed E-state index contributed by atoms with van der Waals surface area (Å²) in [5.41, 5.74) is 0.704. The van der Waals surface area contributed by atoms with Crippen LogP contribution in [0.5, 0.6) is 0 Å². The van der Waals surface area contributed by atoms with E-state index >= 15 is 0 Å². The highest BCUT2D eigenvalue weighted by Crippen LogP contribution is 2.46. The molecule has 164 valence electrons. The maximum absolute atomic E-state index is 13.7. The Labute approximate surface area is 179 Å². The minimum Gasteiger partial charge on any atom is -0.432 e. The van der Waals surface area contributed by atoms with E-state index in [-0.39, 0.29) is 12.4 Å². The Bertz CT molecular complexity index is 1310. The summed E-state index contributed by atoms with van der Waals surface area (Å²) in [5.74, 6) is -1.53. The average molecular weight is 440 g/mol. The topological polar surface area (TPSA) is 113 Å². The van der Waals surface area contributed by atoms with E-state index in [1.54, 1.807) is 17.0 Å². The number of H-pyrrole nitrogens is 1. The van der Waals surface area contributed by atoms with E-state index in [9.17, 15) is 18.7 Å². The fraction of sp³-hybridized carbons (Fsp3) is 0.333. The molecule has 2 aliphatic rings. The number of oxazole rings is 1. The number of nitrogens with zero attached hydrogens (tertiary/aromatic N) is 5. The van der Waals surface area contributed by atoms with Gasteiger partial charge >= 0.3 is 0 Å². The lowest BCUT2D eigenvalue weighted by atomic mass is 9.99. The predicted octanol–water partition coefficient (Wildman–Crippen LogP) is 2.75. The van der Waals surface area contributed by atoms with Gasteiger partial charge in [-0.3, -0.25) is 4.79 Å². The molecule has 1 aliphatic heterocycles. The van der Waals surface area contributed by atoms with Crippen molar-refractivity contribution in [3.8, 4) is 0 Å². The number of aliphatic hydroxyl groups is 1. The van der Waals surface area contributed by atoms with Crippen molar-refractivity contribution in [1.82, 2.24) is 29.5 Å². The number of rotatable bonds is 4. The van der Waals surface area contributed by atoms with E-state index in [1.165, 1.54) is 4.90 Å². The average Bonchev–Trinajstić information content (AvgIpc) is 3.23. The van der Waals surface area contributed by atoms with Crippen molar-refractivity contribution in [3.63, 3.8) is 0 Å². The zero-order chi connectivity index (χ0) is 22.0. The van der Waals surface area contributed by atoms with Crippen molar-refractivity contribution in [2.45, 2.75) is 37.3 Å². The molecule has 1 fully saturated rings. The van der Waals surface area contributed by atoms with Crippen molar-refractivity contribution in [3.05, 3.63) is 71.2 Å². The van der Waals surface area contributed by atoms with Gasteiger partial charge in [-0.2, -0.15) is 5.10 Å². The number of aromatic nitrogens is 5. The van der Waals surface area contributed by atoms with Crippen LogP contribution in [0.25, 0.3) is 5.52 Å². The summed E-state index contributed by atoms with van der Waals surface area (Å²) in [4.78, 5) is 26.2. The third-order valence-electron chi connectivity index (χ3n) is 6.03. The lowest BCUT2D eigenvalue weighted by Gasteiger charge is -2.33. The molecule has 2 N–H and O–H groups in total. The quantitative estimate of drug-likeness (QED) is 0.505. The first kappa shape index (κ1) is 19.1. The van der Waals surface area contributed by atoms with Gasteiger partial charge in [-0.25, -0.2) is 23.3 Å². The molecule has 6 rings (SSSR count). The summed E-state index contributed by atoms with van der Waals surface area (Å²) in [6.45, 7) is 0.246. The summed E-state index contributed by atoms with van der Waals surface area (Å²) in [5, 5.41) is 14.9.